The van der Waals surface area contributed by atoms with Gasteiger partial charge < -0.3 is 14.9 Å². The highest BCUT2D eigenvalue weighted by Gasteiger charge is 2.24. The minimum absolute atomic E-state index is 0.0237. The van der Waals surface area contributed by atoms with Crippen LogP contribution < -0.4 is 4.74 Å². The Hall–Kier alpha value is -1.38. The van der Waals surface area contributed by atoms with Gasteiger partial charge in [0, 0.05) is 11.1 Å². The maximum Gasteiger partial charge on any atom is 0.201 e. The summed E-state index contributed by atoms with van der Waals surface area (Å²) in [6.45, 7) is 9.43. The molecule has 0 aliphatic rings. The lowest BCUT2D eigenvalue weighted by Crippen LogP contribution is -2.08. The molecule has 0 bridgehead atoms. The van der Waals surface area contributed by atoms with Crippen LogP contribution in [0.2, 0.25) is 0 Å². The summed E-state index contributed by atoms with van der Waals surface area (Å²) in [6, 6.07) is 0. The summed E-state index contributed by atoms with van der Waals surface area (Å²) < 4.78 is 6.10. The third kappa shape index (κ3) is 9.74. The molecule has 0 atom stereocenters. The number of unbranched alkanes of at least 4 members (excludes halogenated alkanes) is 10. The van der Waals surface area contributed by atoms with E-state index in [0.717, 1.165) is 56.9 Å². The Labute approximate surface area is 192 Å². The van der Waals surface area contributed by atoms with E-state index in [1.807, 2.05) is 0 Å². The van der Waals surface area contributed by atoms with E-state index in [4.69, 9.17) is 4.74 Å². The summed E-state index contributed by atoms with van der Waals surface area (Å²) in [4.78, 5) is 0. The minimum Gasteiger partial charge on any atom is -0.504 e. The van der Waals surface area contributed by atoms with Crippen molar-refractivity contribution in [3.05, 3.63) is 16.7 Å². The van der Waals surface area contributed by atoms with Crippen LogP contribution in [0.4, 0.5) is 0 Å². The number of aromatic hydroxyl groups is 2. The number of rotatable bonds is 19. The molecule has 31 heavy (non-hydrogen) atoms. The molecular formula is C28H50O3. The number of hydrogen-bond acceptors (Lipinski definition) is 3. The zero-order valence-corrected chi connectivity index (χ0v) is 21.0. The summed E-state index contributed by atoms with van der Waals surface area (Å²) >= 11 is 0. The largest absolute Gasteiger partial charge is 0.504 e. The first kappa shape index (κ1) is 27.7. The molecular weight excluding hydrogens is 384 g/mol. The molecule has 0 saturated heterocycles. The van der Waals surface area contributed by atoms with Crippen molar-refractivity contribution in [1.82, 2.24) is 0 Å². The van der Waals surface area contributed by atoms with Crippen LogP contribution in [0.25, 0.3) is 0 Å². The molecule has 1 aromatic carbocycles. The number of hydrogen-bond donors (Lipinski definition) is 2. The van der Waals surface area contributed by atoms with Crippen LogP contribution >= 0.6 is 0 Å². The predicted octanol–water partition coefficient (Wildman–Crippen LogP) is 8.65. The average molecular weight is 435 g/mol. The van der Waals surface area contributed by atoms with E-state index in [0.29, 0.717) is 12.4 Å². The Bertz CT molecular complexity index is 595. The van der Waals surface area contributed by atoms with Crippen LogP contribution in [-0.4, -0.2) is 16.8 Å². The number of phenols is 2. The molecule has 0 unspecified atom stereocenters. The summed E-state index contributed by atoms with van der Waals surface area (Å²) in [5.74, 6) is 0.612. The lowest BCUT2D eigenvalue weighted by atomic mass is 9.88. The van der Waals surface area contributed by atoms with E-state index in [-0.39, 0.29) is 11.5 Å². The van der Waals surface area contributed by atoms with E-state index in [2.05, 4.69) is 27.7 Å². The van der Waals surface area contributed by atoms with E-state index >= 15 is 0 Å². The van der Waals surface area contributed by atoms with Crippen molar-refractivity contribution >= 4 is 0 Å². The Morgan fingerprint density at radius 1 is 0.484 bits per heavy atom. The minimum atomic E-state index is -0.0237. The molecule has 0 heterocycles. The highest BCUT2D eigenvalue weighted by atomic mass is 16.5. The molecule has 0 aromatic heterocycles. The Kier molecular flexibility index (Phi) is 15.4. The topological polar surface area (TPSA) is 49.7 Å². The monoisotopic (exact) mass is 434 g/mol. The first-order valence-corrected chi connectivity index (χ1v) is 13.3. The molecule has 3 heteroatoms. The fourth-order valence-electron chi connectivity index (χ4n) is 4.35. The first-order valence-electron chi connectivity index (χ1n) is 13.3. The molecule has 1 rings (SSSR count). The smallest absolute Gasteiger partial charge is 0.201 e. The molecule has 0 fully saturated rings. The average Bonchev–Trinajstić information content (AvgIpc) is 2.77. The van der Waals surface area contributed by atoms with E-state index in [9.17, 15) is 10.2 Å². The zero-order valence-electron chi connectivity index (χ0n) is 21.0. The fraction of sp³-hybridized carbons (Fsp3) is 0.786. The van der Waals surface area contributed by atoms with Gasteiger partial charge in [-0.3, -0.25) is 0 Å². The maximum absolute atomic E-state index is 11.0. The van der Waals surface area contributed by atoms with Crippen LogP contribution in [-0.2, 0) is 19.3 Å². The predicted molar refractivity (Wildman–Crippen MR) is 134 cm³/mol. The van der Waals surface area contributed by atoms with Crippen LogP contribution in [0.15, 0.2) is 0 Å². The van der Waals surface area contributed by atoms with Crippen LogP contribution in [0.3, 0.4) is 0 Å². The lowest BCUT2D eigenvalue weighted by Gasteiger charge is -2.22. The van der Waals surface area contributed by atoms with E-state index in [1.54, 1.807) is 0 Å². The number of ether oxygens (including phenoxy) is 1. The van der Waals surface area contributed by atoms with Gasteiger partial charge in [0.05, 0.1) is 6.61 Å². The summed E-state index contributed by atoms with van der Waals surface area (Å²) in [5.41, 5.74) is 3.42. The van der Waals surface area contributed by atoms with Gasteiger partial charge >= 0.3 is 0 Å². The van der Waals surface area contributed by atoms with Crippen molar-refractivity contribution in [2.75, 3.05) is 6.61 Å². The van der Waals surface area contributed by atoms with E-state index in [1.165, 1.54) is 68.9 Å². The lowest BCUT2D eigenvalue weighted by molar-refractivity contribution is 0.282. The van der Waals surface area contributed by atoms with Crippen LogP contribution in [0, 0.1) is 0 Å². The molecule has 0 amide bonds. The Balaban J connectivity index is 3.27. The SMILES string of the molecule is CCCCCCc1c(O)c(O)c(OCCCC)c(CCCCCC)c1CCCCCC. The second kappa shape index (κ2) is 17.2. The van der Waals surface area contributed by atoms with Crippen molar-refractivity contribution in [3.8, 4) is 17.2 Å². The van der Waals surface area contributed by atoms with Gasteiger partial charge in [-0.05, 0) is 50.5 Å². The third-order valence-electron chi connectivity index (χ3n) is 6.31. The molecule has 0 aliphatic heterocycles. The van der Waals surface area contributed by atoms with Gasteiger partial charge in [-0.1, -0.05) is 91.9 Å². The number of phenolic OH excluding ortho intramolecular Hbond substituents is 2. The highest BCUT2D eigenvalue weighted by Crippen LogP contribution is 2.46. The van der Waals surface area contributed by atoms with Gasteiger partial charge in [0.1, 0.15) is 0 Å². The standard InChI is InChI=1S/C28H50O3/c1-5-9-13-16-19-23-24(20-17-14-10-6-2)26(29)27(30)28(31-22-12-8-4)25(23)21-18-15-11-7-3/h29-30H,5-22H2,1-4H3. The summed E-state index contributed by atoms with van der Waals surface area (Å²) in [6.07, 6.45) is 19.0. The van der Waals surface area contributed by atoms with Crippen molar-refractivity contribution in [2.24, 2.45) is 0 Å². The van der Waals surface area contributed by atoms with E-state index < -0.39 is 0 Å². The molecule has 0 spiro atoms. The summed E-state index contributed by atoms with van der Waals surface area (Å²) in [5, 5.41) is 21.9. The van der Waals surface area contributed by atoms with Gasteiger partial charge in [0.15, 0.2) is 11.5 Å². The van der Waals surface area contributed by atoms with Crippen molar-refractivity contribution in [2.45, 2.75) is 137 Å². The second-order valence-electron chi connectivity index (χ2n) is 9.10. The van der Waals surface area contributed by atoms with Crippen molar-refractivity contribution < 1.29 is 14.9 Å². The van der Waals surface area contributed by atoms with Gasteiger partial charge in [-0.2, -0.15) is 0 Å². The third-order valence-corrected chi connectivity index (χ3v) is 6.31. The molecule has 3 nitrogen and oxygen atoms in total. The number of benzene rings is 1. The van der Waals surface area contributed by atoms with Crippen molar-refractivity contribution in [3.63, 3.8) is 0 Å². The molecule has 0 aliphatic carbocycles. The van der Waals surface area contributed by atoms with Gasteiger partial charge in [-0.15, -0.1) is 0 Å². The van der Waals surface area contributed by atoms with Gasteiger partial charge in [-0.25, -0.2) is 0 Å². The normalized spacial score (nSPS) is 11.2. The Morgan fingerprint density at radius 2 is 0.935 bits per heavy atom. The summed E-state index contributed by atoms with van der Waals surface area (Å²) in [7, 11) is 0. The quantitative estimate of drug-likeness (QED) is 0.169. The molecule has 1 aromatic rings. The van der Waals surface area contributed by atoms with Crippen LogP contribution in [0.1, 0.15) is 134 Å². The molecule has 0 radical (unpaired) electrons. The molecule has 0 saturated carbocycles. The van der Waals surface area contributed by atoms with Crippen molar-refractivity contribution in [1.29, 1.82) is 0 Å². The maximum atomic E-state index is 11.0. The molecule has 2 N–H and O–H groups in total. The van der Waals surface area contributed by atoms with Gasteiger partial charge in [0.2, 0.25) is 5.75 Å². The fourth-order valence-corrected chi connectivity index (χ4v) is 4.35. The first-order chi connectivity index (χ1) is 15.1. The van der Waals surface area contributed by atoms with Crippen LogP contribution in [0.5, 0.6) is 17.2 Å². The zero-order chi connectivity index (χ0) is 22.9. The highest BCUT2D eigenvalue weighted by molar-refractivity contribution is 5.62. The Morgan fingerprint density at radius 3 is 1.42 bits per heavy atom. The molecule has 180 valence electrons. The second-order valence-corrected chi connectivity index (χ2v) is 9.10. The van der Waals surface area contributed by atoms with Gasteiger partial charge in [0.25, 0.3) is 0 Å².